The second-order valence-corrected chi connectivity index (χ2v) is 4.79. The van der Waals surface area contributed by atoms with E-state index in [2.05, 4.69) is 4.98 Å². The van der Waals surface area contributed by atoms with Crippen molar-refractivity contribution in [3.63, 3.8) is 0 Å². The lowest BCUT2D eigenvalue weighted by Gasteiger charge is -2.41. The topological polar surface area (TPSA) is 96.6 Å². The minimum atomic E-state index is -1.14. The van der Waals surface area contributed by atoms with Gasteiger partial charge < -0.3 is 10.0 Å². The van der Waals surface area contributed by atoms with Crippen molar-refractivity contribution in [2.24, 2.45) is 0 Å². The number of hydrogen-bond acceptors (Lipinski definition) is 5. The lowest BCUT2D eigenvalue weighted by Crippen LogP contribution is -2.55. The highest BCUT2D eigenvalue weighted by atomic mass is 16.6. The molecular weight excluding hydrogens is 250 g/mol. The van der Waals surface area contributed by atoms with E-state index >= 15 is 0 Å². The number of carboxylic acids is 1. The Morgan fingerprint density at radius 2 is 2.32 bits per heavy atom. The Labute approximate surface area is 110 Å². The molecule has 0 bridgehead atoms. The smallest absolute Gasteiger partial charge is 0.329 e. The first-order valence-electron chi connectivity index (χ1n) is 6.07. The fraction of sp³-hybridized carbons (Fsp3) is 0.500. The largest absolute Gasteiger partial charge is 0.480 e. The average molecular weight is 265 g/mol. The number of nitrogens with zero attached hydrogens (tertiary/aromatic N) is 3. The van der Waals surface area contributed by atoms with E-state index in [0.717, 1.165) is 12.8 Å². The number of carboxylic acid groups (broad SMARTS) is 1. The van der Waals surface area contributed by atoms with Gasteiger partial charge in [0, 0.05) is 18.8 Å². The highest BCUT2D eigenvalue weighted by molar-refractivity contribution is 5.84. The monoisotopic (exact) mass is 265 g/mol. The van der Waals surface area contributed by atoms with Gasteiger partial charge in [-0.2, -0.15) is 0 Å². The molecule has 2 heterocycles. The Balaban J connectivity index is 2.49. The van der Waals surface area contributed by atoms with Crippen molar-refractivity contribution in [1.82, 2.24) is 4.98 Å². The van der Waals surface area contributed by atoms with Gasteiger partial charge in [0.15, 0.2) is 0 Å². The van der Waals surface area contributed by atoms with Crippen LogP contribution in [0, 0.1) is 10.1 Å². The molecule has 0 amide bonds. The summed E-state index contributed by atoms with van der Waals surface area (Å²) < 4.78 is 0. The van der Waals surface area contributed by atoms with Crippen LogP contribution < -0.4 is 4.90 Å². The van der Waals surface area contributed by atoms with Crippen LogP contribution in [0.15, 0.2) is 18.3 Å². The van der Waals surface area contributed by atoms with E-state index in [1.54, 1.807) is 6.92 Å². The highest BCUT2D eigenvalue weighted by Crippen LogP contribution is 2.36. The Morgan fingerprint density at radius 3 is 2.95 bits per heavy atom. The zero-order chi connectivity index (χ0) is 14.0. The summed E-state index contributed by atoms with van der Waals surface area (Å²) in [5, 5.41) is 20.5. The average Bonchev–Trinajstić information content (AvgIpc) is 2.39. The molecule has 1 aromatic rings. The molecule has 19 heavy (non-hydrogen) atoms. The molecule has 7 heteroatoms. The maximum atomic E-state index is 11.5. The van der Waals surface area contributed by atoms with Crippen molar-refractivity contribution >= 4 is 17.5 Å². The standard InChI is InChI=1S/C12H15N3O4/c1-12(11(16)17)6-2-3-8-14(12)10-9(15(18)19)5-4-7-13-10/h4-5,7H,2-3,6,8H2,1H3,(H,16,17). The van der Waals surface area contributed by atoms with E-state index in [1.807, 2.05) is 0 Å². The van der Waals surface area contributed by atoms with Crippen LogP contribution in [0.4, 0.5) is 11.5 Å². The summed E-state index contributed by atoms with van der Waals surface area (Å²) in [7, 11) is 0. The van der Waals surface area contributed by atoms with Crippen LogP contribution in [0.5, 0.6) is 0 Å². The number of piperidine rings is 1. The predicted molar refractivity (Wildman–Crippen MR) is 68.1 cm³/mol. The van der Waals surface area contributed by atoms with E-state index in [9.17, 15) is 20.0 Å². The zero-order valence-corrected chi connectivity index (χ0v) is 10.6. The number of anilines is 1. The van der Waals surface area contributed by atoms with Gasteiger partial charge in [-0.25, -0.2) is 9.78 Å². The Hall–Kier alpha value is -2.18. The summed E-state index contributed by atoms with van der Waals surface area (Å²) in [6.07, 6.45) is 3.49. The van der Waals surface area contributed by atoms with E-state index in [-0.39, 0.29) is 11.5 Å². The molecule has 1 unspecified atom stereocenters. The fourth-order valence-electron chi connectivity index (χ4n) is 2.42. The fourth-order valence-corrected chi connectivity index (χ4v) is 2.42. The number of hydrogen-bond donors (Lipinski definition) is 1. The third-order valence-electron chi connectivity index (χ3n) is 3.57. The van der Waals surface area contributed by atoms with Crippen LogP contribution >= 0.6 is 0 Å². The molecular formula is C12H15N3O4. The van der Waals surface area contributed by atoms with Gasteiger partial charge in [-0.1, -0.05) is 0 Å². The molecule has 0 spiro atoms. The molecule has 1 fully saturated rings. The summed E-state index contributed by atoms with van der Waals surface area (Å²) in [5.41, 5.74) is -1.30. The minimum absolute atomic E-state index is 0.136. The predicted octanol–water partition coefficient (Wildman–Crippen LogP) is 1.82. The summed E-state index contributed by atoms with van der Waals surface area (Å²) in [5.74, 6) is -0.843. The molecule has 1 aliphatic heterocycles. The van der Waals surface area contributed by atoms with Crippen LogP contribution in [-0.4, -0.2) is 33.1 Å². The molecule has 0 saturated carbocycles. The van der Waals surface area contributed by atoms with Gasteiger partial charge in [0.05, 0.1) is 4.92 Å². The van der Waals surface area contributed by atoms with Gasteiger partial charge >= 0.3 is 11.7 Å². The van der Waals surface area contributed by atoms with Crippen molar-refractivity contribution in [3.05, 3.63) is 28.4 Å². The third kappa shape index (κ3) is 2.23. The number of rotatable bonds is 3. The molecule has 1 aliphatic rings. The first-order valence-corrected chi connectivity index (χ1v) is 6.07. The lowest BCUT2D eigenvalue weighted by atomic mass is 9.88. The SMILES string of the molecule is CC1(C(=O)O)CCCCN1c1ncccc1[N+](=O)[O-]. The van der Waals surface area contributed by atoms with Crippen LogP contribution in [0.3, 0.4) is 0 Å². The van der Waals surface area contributed by atoms with E-state index in [0.29, 0.717) is 13.0 Å². The number of carbonyl (C=O) groups is 1. The van der Waals surface area contributed by atoms with Crippen LogP contribution in [0.2, 0.25) is 0 Å². The Kier molecular flexibility index (Phi) is 3.37. The molecule has 7 nitrogen and oxygen atoms in total. The van der Waals surface area contributed by atoms with Crippen molar-refractivity contribution in [1.29, 1.82) is 0 Å². The summed E-state index contributed by atoms with van der Waals surface area (Å²) in [6.45, 7) is 2.05. The minimum Gasteiger partial charge on any atom is -0.480 e. The first kappa shape index (κ1) is 13.3. The second-order valence-electron chi connectivity index (χ2n) is 4.79. The summed E-state index contributed by atoms with van der Waals surface area (Å²) >= 11 is 0. The number of nitro groups is 1. The molecule has 1 aromatic heterocycles. The van der Waals surface area contributed by atoms with Crippen molar-refractivity contribution < 1.29 is 14.8 Å². The lowest BCUT2D eigenvalue weighted by molar-refractivity contribution is -0.384. The molecule has 1 saturated heterocycles. The molecule has 2 rings (SSSR count). The summed E-state index contributed by atoms with van der Waals surface area (Å²) in [6, 6.07) is 2.82. The number of pyridine rings is 1. The van der Waals surface area contributed by atoms with Gasteiger partial charge in [-0.15, -0.1) is 0 Å². The van der Waals surface area contributed by atoms with Crippen LogP contribution in [0.25, 0.3) is 0 Å². The second kappa shape index (κ2) is 4.83. The third-order valence-corrected chi connectivity index (χ3v) is 3.57. The number of aliphatic carboxylic acids is 1. The maximum absolute atomic E-state index is 11.5. The van der Waals surface area contributed by atoms with Gasteiger partial charge in [-0.05, 0) is 32.3 Å². The summed E-state index contributed by atoms with van der Waals surface area (Å²) in [4.78, 5) is 27.6. The Morgan fingerprint density at radius 1 is 1.58 bits per heavy atom. The van der Waals surface area contributed by atoms with Crippen molar-refractivity contribution in [2.75, 3.05) is 11.4 Å². The van der Waals surface area contributed by atoms with Gasteiger partial charge in [-0.3, -0.25) is 10.1 Å². The highest BCUT2D eigenvalue weighted by Gasteiger charge is 2.44. The molecule has 1 N–H and O–H groups in total. The number of aromatic nitrogens is 1. The van der Waals surface area contributed by atoms with Crippen LogP contribution in [-0.2, 0) is 4.79 Å². The van der Waals surface area contributed by atoms with E-state index in [4.69, 9.17) is 0 Å². The van der Waals surface area contributed by atoms with Gasteiger partial charge in [0.1, 0.15) is 5.54 Å². The zero-order valence-electron chi connectivity index (χ0n) is 10.6. The van der Waals surface area contributed by atoms with Gasteiger partial charge in [0.2, 0.25) is 5.82 Å². The quantitative estimate of drug-likeness (QED) is 0.661. The first-order chi connectivity index (χ1) is 8.97. The molecule has 102 valence electrons. The van der Waals surface area contributed by atoms with Crippen molar-refractivity contribution in [2.45, 2.75) is 31.7 Å². The van der Waals surface area contributed by atoms with Crippen LogP contribution in [0.1, 0.15) is 26.2 Å². The van der Waals surface area contributed by atoms with E-state index < -0.39 is 16.4 Å². The van der Waals surface area contributed by atoms with Crippen molar-refractivity contribution in [3.8, 4) is 0 Å². The normalized spacial score (nSPS) is 23.1. The Bertz CT molecular complexity index is 519. The molecule has 0 radical (unpaired) electrons. The molecule has 0 aliphatic carbocycles. The maximum Gasteiger partial charge on any atom is 0.329 e. The molecule has 1 atom stereocenters. The van der Waals surface area contributed by atoms with Gasteiger partial charge in [0.25, 0.3) is 0 Å². The molecule has 0 aromatic carbocycles. The van der Waals surface area contributed by atoms with E-state index in [1.165, 1.54) is 23.2 Å².